The van der Waals surface area contributed by atoms with Crippen molar-refractivity contribution in [3.05, 3.63) is 45.7 Å². The third-order valence-electron chi connectivity index (χ3n) is 3.88. The third kappa shape index (κ3) is 3.37. The van der Waals surface area contributed by atoms with E-state index in [0.29, 0.717) is 5.69 Å². The molecule has 0 unspecified atom stereocenters. The van der Waals surface area contributed by atoms with E-state index in [2.05, 4.69) is 31.0 Å². The van der Waals surface area contributed by atoms with Gasteiger partial charge < -0.3 is 20.7 Å². The molecule has 3 N–H and O–H groups in total. The summed E-state index contributed by atoms with van der Waals surface area (Å²) >= 11 is 0. The number of aromatic amines is 1. The number of carbonyl (C=O) groups is 2. The van der Waals surface area contributed by atoms with Crippen molar-refractivity contribution in [3.63, 3.8) is 0 Å². The van der Waals surface area contributed by atoms with Gasteiger partial charge in [-0.05, 0) is 11.8 Å². The lowest BCUT2D eigenvalue weighted by Crippen LogP contribution is -2.20. The molecule has 13 nitrogen and oxygen atoms in total. The van der Waals surface area contributed by atoms with Gasteiger partial charge in [0, 0.05) is 14.1 Å². The third-order valence-corrected chi connectivity index (χ3v) is 3.88. The molecule has 140 valence electrons. The summed E-state index contributed by atoms with van der Waals surface area (Å²) in [6.07, 6.45) is 2.80. The fraction of sp³-hybridized carbons (Fsp3) is 0.214. The summed E-state index contributed by atoms with van der Waals surface area (Å²) in [4.78, 5) is 34.8. The Morgan fingerprint density at radius 3 is 2.33 bits per heavy atom. The van der Waals surface area contributed by atoms with Crippen LogP contribution in [-0.4, -0.2) is 46.5 Å². The average molecular weight is 373 g/mol. The number of anilines is 2. The van der Waals surface area contributed by atoms with Crippen LogP contribution in [-0.2, 0) is 14.1 Å². The zero-order valence-electron chi connectivity index (χ0n) is 14.5. The fourth-order valence-corrected chi connectivity index (χ4v) is 2.31. The zero-order valence-corrected chi connectivity index (χ0v) is 14.5. The van der Waals surface area contributed by atoms with E-state index in [4.69, 9.17) is 0 Å². The van der Waals surface area contributed by atoms with Crippen LogP contribution in [0, 0.1) is 17.0 Å². The Labute approximate surface area is 151 Å². The van der Waals surface area contributed by atoms with Gasteiger partial charge >= 0.3 is 5.82 Å². The van der Waals surface area contributed by atoms with Crippen LogP contribution in [0.5, 0.6) is 0 Å². The predicted molar refractivity (Wildman–Crippen MR) is 92.3 cm³/mol. The van der Waals surface area contributed by atoms with Crippen LogP contribution in [0.3, 0.4) is 0 Å². The highest BCUT2D eigenvalue weighted by Gasteiger charge is 2.23. The molecule has 3 aromatic heterocycles. The number of H-pyrrole nitrogens is 1. The maximum absolute atomic E-state index is 12.6. The van der Waals surface area contributed by atoms with Crippen molar-refractivity contribution in [2.45, 2.75) is 6.92 Å². The lowest BCUT2D eigenvalue weighted by molar-refractivity contribution is -0.389. The van der Waals surface area contributed by atoms with E-state index in [-0.39, 0.29) is 17.1 Å². The summed E-state index contributed by atoms with van der Waals surface area (Å²) in [5.74, 6) is -1.65. The summed E-state index contributed by atoms with van der Waals surface area (Å²) in [6.45, 7) is 1.79. The van der Waals surface area contributed by atoms with Crippen LogP contribution in [0.15, 0.2) is 18.5 Å². The smallest absolute Gasteiger partial charge is 0.343 e. The molecule has 0 aromatic carbocycles. The molecule has 0 fully saturated rings. The molecule has 0 aliphatic heterocycles. The number of hydrogen-bond acceptors (Lipinski definition) is 7. The number of aryl methyl sites for hydroxylation is 2. The highest BCUT2D eigenvalue weighted by atomic mass is 16.6. The summed E-state index contributed by atoms with van der Waals surface area (Å²) in [7, 11) is 3.28. The van der Waals surface area contributed by atoms with Gasteiger partial charge in [0.2, 0.25) is 0 Å². The van der Waals surface area contributed by atoms with Crippen LogP contribution < -0.4 is 10.6 Å². The quantitative estimate of drug-likeness (QED) is 0.435. The Morgan fingerprint density at radius 2 is 1.74 bits per heavy atom. The molecule has 0 saturated heterocycles. The number of rotatable bonds is 5. The van der Waals surface area contributed by atoms with Gasteiger partial charge in [0.25, 0.3) is 11.8 Å². The Morgan fingerprint density at radius 1 is 1.11 bits per heavy atom. The number of carbonyl (C=O) groups excluding carboxylic acids is 2. The van der Waals surface area contributed by atoms with E-state index in [1.54, 1.807) is 25.7 Å². The van der Waals surface area contributed by atoms with Gasteiger partial charge in [0.15, 0.2) is 5.69 Å². The lowest BCUT2D eigenvalue weighted by atomic mass is 10.3. The van der Waals surface area contributed by atoms with Crippen molar-refractivity contribution in [2.75, 3.05) is 10.6 Å². The first-order valence-corrected chi connectivity index (χ1v) is 7.61. The molecular formula is C14H15N9O4. The number of nitrogens with zero attached hydrogens (tertiary/aromatic N) is 6. The van der Waals surface area contributed by atoms with Crippen molar-refractivity contribution in [1.82, 2.24) is 29.8 Å². The second kappa shape index (κ2) is 6.70. The number of hydrogen-bond donors (Lipinski definition) is 3. The molecule has 3 heterocycles. The first-order valence-electron chi connectivity index (χ1n) is 7.61. The summed E-state index contributed by atoms with van der Waals surface area (Å²) in [5, 5.41) is 29.6. The minimum Gasteiger partial charge on any atom is -0.358 e. The normalized spacial score (nSPS) is 10.6. The monoisotopic (exact) mass is 373 g/mol. The minimum absolute atomic E-state index is 0.0941. The second-order valence-corrected chi connectivity index (χ2v) is 5.60. The highest BCUT2D eigenvalue weighted by Crippen LogP contribution is 2.19. The summed E-state index contributed by atoms with van der Waals surface area (Å²) < 4.78 is 2.90. The molecule has 27 heavy (non-hydrogen) atoms. The molecule has 3 aromatic rings. The molecule has 0 bridgehead atoms. The number of amides is 2. The van der Waals surface area contributed by atoms with E-state index in [1.165, 1.54) is 17.1 Å². The lowest BCUT2D eigenvalue weighted by Gasteiger charge is -2.08. The van der Waals surface area contributed by atoms with E-state index in [9.17, 15) is 19.7 Å². The van der Waals surface area contributed by atoms with Crippen LogP contribution in [0.1, 0.15) is 26.7 Å². The average Bonchev–Trinajstić information content (AvgIpc) is 3.31. The molecule has 0 aliphatic carbocycles. The predicted octanol–water partition coefficient (Wildman–Crippen LogP) is 0.598. The fourth-order valence-electron chi connectivity index (χ4n) is 2.31. The summed E-state index contributed by atoms with van der Waals surface area (Å²) in [5.41, 5.74) is 1.30. The Kier molecular flexibility index (Phi) is 4.41. The van der Waals surface area contributed by atoms with Gasteiger partial charge in [0.1, 0.15) is 5.69 Å². The molecule has 0 saturated carbocycles. The van der Waals surface area contributed by atoms with Crippen LogP contribution in [0.4, 0.5) is 17.2 Å². The van der Waals surface area contributed by atoms with Crippen LogP contribution >= 0.6 is 0 Å². The first kappa shape index (κ1) is 17.8. The van der Waals surface area contributed by atoms with Crippen LogP contribution in [0.2, 0.25) is 0 Å². The SMILES string of the molecule is Cc1c(NC(=O)c2c(NC(=O)c3cc([N+](=O)[O-])[nH]n3)cnn2C)cnn1C. The van der Waals surface area contributed by atoms with Crippen LogP contribution in [0.25, 0.3) is 0 Å². The molecule has 13 heteroatoms. The molecular weight excluding hydrogens is 358 g/mol. The first-order chi connectivity index (χ1) is 12.8. The molecule has 0 atom stereocenters. The second-order valence-electron chi connectivity index (χ2n) is 5.60. The van der Waals surface area contributed by atoms with Crippen molar-refractivity contribution in [1.29, 1.82) is 0 Å². The highest BCUT2D eigenvalue weighted by molar-refractivity contribution is 6.11. The largest absolute Gasteiger partial charge is 0.358 e. The van der Waals surface area contributed by atoms with Crippen molar-refractivity contribution in [2.24, 2.45) is 14.1 Å². The van der Waals surface area contributed by atoms with Crippen molar-refractivity contribution < 1.29 is 14.5 Å². The topological polar surface area (TPSA) is 166 Å². The van der Waals surface area contributed by atoms with Gasteiger partial charge in [-0.25, -0.2) is 0 Å². The van der Waals surface area contributed by atoms with E-state index in [0.717, 1.165) is 11.8 Å². The van der Waals surface area contributed by atoms with Gasteiger partial charge in [-0.2, -0.15) is 10.2 Å². The van der Waals surface area contributed by atoms with Crippen molar-refractivity contribution >= 4 is 29.0 Å². The maximum Gasteiger partial charge on any atom is 0.343 e. The van der Waals surface area contributed by atoms with E-state index < -0.39 is 22.6 Å². The Hall–Kier alpha value is -4.03. The molecule has 0 aliphatic rings. The number of nitrogens with one attached hydrogen (secondary N) is 3. The van der Waals surface area contributed by atoms with Gasteiger partial charge in [-0.1, -0.05) is 5.10 Å². The molecule has 0 spiro atoms. The Bertz CT molecular complexity index is 1050. The maximum atomic E-state index is 12.6. The van der Waals surface area contributed by atoms with E-state index >= 15 is 0 Å². The number of nitro groups is 1. The van der Waals surface area contributed by atoms with Crippen molar-refractivity contribution in [3.8, 4) is 0 Å². The van der Waals surface area contributed by atoms with Gasteiger partial charge in [0.05, 0.1) is 35.5 Å². The zero-order chi connectivity index (χ0) is 19.7. The summed E-state index contributed by atoms with van der Waals surface area (Å²) in [6, 6.07) is 0.991. The molecule has 2 amide bonds. The minimum atomic E-state index is -0.723. The van der Waals surface area contributed by atoms with Gasteiger partial charge in [-0.3, -0.25) is 19.0 Å². The standard InChI is InChI=1S/C14H15N9O4/c1-7-9(5-15-21(7)2)17-14(25)12-10(6-16-22(12)3)18-13(24)8-4-11(20-19-8)23(26)27/h4-6H,1-3H3,(H,17,25)(H,18,24)(H,19,20). The van der Waals surface area contributed by atoms with Gasteiger partial charge in [-0.15, -0.1) is 5.10 Å². The molecule has 3 rings (SSSR count). The Balaban J connectivity index is 1.81. The number of aromatic nitrogens is 6. The van der Waals surface area contributed by atoms with E-state index in [1.807, 2.05) is 0 Å². The molecule has 0 radical (unpaired) electrons.